The Kier molecular flexibility index (Phi) is 14.0. The van der Waals surface area contributed by atoms with Crippen LogP contribution in [-0.4, -0.2) is 62.9 Å². The molecule has 1 heterocycles. The lowest BCUT2D eigenvalue weighted by atomic mass is 9.87. The van der Waals surface area contributed by atoms with Crippen molar-refractivity contribution in [2.75, 3.05) is 25.0 Å². The number of rotatable bonds is 18. The van der Waals surface area contributed by atoms with E-state index in [4.69, 9.17) is 23.7 Å². The van der Waals surface area contributed by atoms with Crippen molar-refractivity contribution in [3.05, 3.63) is 112 Å². The Morgan fingerprint density at radius 2 is 1.76 bits per heavy atom. The summed E-state index contributed by atoms with van der Waals surface area (Å²) in [5, 5.41) is 9.56. The molecule has 0 saturated carbocycles. The number of ether oxygens (including phenoxy) is 5. The van der Waals surface area contributed by atoms with E-state index in [0.29, 0.717) is 11.3 Å². The monoisotopic (exact) mass is 762 g/mol. The Hall–Kier alpha value is -6.56. The van der Waals surface area contributed by atoms with Crippen LogP contribution >= 0.6 is 0 Å². The van der Waals surface area contributed by atoms with E-state index in [1.807, 2.05) is 20.8 Å². The van der Waals surface area contributed by atoms with Crippen LogP contribution in [0.4, 0.5) is 10.6 Å². The third-order valence-electron chi connectivity index (χ3n) is 7.02. The molecule has 0 amide bonds. The van der Waals surface area contributed by atoms with Crippen molar-refractivity contribution in [1.82, 2.24) is 9.97 Å². The largest absolute Gasteiger partial charge is 0.513 e. The summed E-state index contributed by atoms with van der Waals surface area (Å²) in [4.78, 5) is 43.9. The van der Waals surface area contributed by atoms with Gasteiger partial charge in [-0.15, -0.1) is 10.1 Å². The lowest BCUT2D eigenvalue weighted by molar-refractivity contribution is -0.763. The zero-order chi connectivity index (χ0) is 39.1. The second-order valence-electron chi connectivity index (χ2n) is 12.0. The van der Waals surface area contributed by atoms with Crippen molar-refractivity contribution in [2.24, 2.45) is 9.98 Å². The maximum Gasteiger partial charge on any atom is 0.513 e. The number of sulfonamides is 1. The van der Waals surface area contributed by atoms with E-state index < -0.39 is 21.3 Å². The summed E-state index contributed by atoms with van der Waals surface area (Å²) in [7, 11) is -2.82. The molecule has 1 N–H and O–H groups in total. The highest BCUT2D eigenvalue weighted by Gasteiger charge is 2.26. The highest BCUT2D eigenvalue weighted by atomic mass is 32.2. The van der Waals surface area contributed by atoms with Crippen LogP contribution in [0.15, 0.2) is 100.0 Å². The number of nitrogens with one attached hydrogen (secondary N) is 1. The lowest BCUT2D eigenvalue weighted by Crippen LogP contribution is -2.19. The third kappa shape index (κ3) is 12.0. The number of benzene rings is 3. The second kappa shape index (κ2) is 18.8. The van der Waals surface area contributed by atoms with Crippen molar-refractivity contribution < 1.29 is 46.8 Å². The van der Waals surface area contributed by atoms with Gasteiger partial charge in [-0.05, 0) is 65.7 Å². The molecule has 0 aliphatic heterocycles. The van der Waals surface area contributed by atoms with Gasteiger partial charge in [-0.25, -0.2) is 18.2 Å². The Morgan fingerprint density at radius 1 is 1.02 bits per heavy atom. The molecule has 0 atom stereocenters. The molecule has 18 heteroatoms. The minimum absolute atomic E-state index is 0.0376. The summed E-state index contributed by atoms with van der Waals surface area (Å²) < 4.78 is 57.8. The first-order chi connectivity index (χ1) is 25.8. The quantitative estimate of drug-likeness (QED) is 0.0288. The molecular formula is C36H38N6O11S. The molecule has 17 nitrogen and oxygen atoms in total. The van der Waals surface area contributed by atoms with Gasteiger partial charge in [0.05, 0.1) is 18.6 Å². The number of nitrogens with zero attached hydrogens (tertiary/aromatic N) is 5. The number of hydrogen-bond acceptors (Lipinski definition) is 15. The Bertz CT molecular complexity index is 2100. The molecule has 0 aliphatic rings. The summed E-state index contributed by atoms with van der Waals surface area (Å²) in [6.07, 6.45) is 3.28. The number of carbonyl (C=O) groups is 1. The molecule has 3 aromatic carbocycles. The Labute approximate surface area is 311 Å². The first kappa shape index (κ1) is 40.2. The van der Waals surface area contributed by atoms with E-state index in [-0.39, 0.29) is 71.4 Å². The minimum Gasteiger partial charge on any atom is -0.493 e. The minimum atomic E-state index is -4.25. The molecule has 1 aromatic heterocycles. The zero-order valence-corrected chi connectivity index (χ0v) is 30.6. The van der Waals surface area contributed by atoms with Crippen LogP contribution in [0.3, 0.4) is 0 Å². The smallest absolute Gasteiger partial charge is 0.493 e. The predicted molar refractivity (Wildman–Crippen MR) is 198 cm³/mol. The van der Waals surface area contributed by atoms with Crippen LogP contribution in [-0.2, 0) is 38.2 Å². The fourth-order valence-electron chi connectivity index (χ4n) is 4.45. The second-order valence-corrected chi connectivity index (χ2v) is 13.6. The topological polar surface area (TPSA) is 212 Å². The average molecular weight is 763 g/mol. The first-order valence-electron chi connectivity index (χ1n) is 16.1. The first-order valence-corrected chi connectivity index (χ1v) is 17.6. The van der Waals surface area contributed by atoms with Crippen molar-refractivity contribution in [2.45, 2.75) is 44.2 Å². The van der Waals surface area contributed by atoms with Gasteiger partial charge in [0.25, 0.3) is 21.0 Å². The van der Waals surface area contributed by atoms with Crippen LogP contribution in [0.2, 0.25) is 0 Å². The van der Waals surface area contributed by atoms with Gasteiger partial charge < -0.3 is 28.5 Å². The van der Waals surface area contributed by atoms with E-state index >= 15 is 0 Å². The molecule has 0 bridgehead atoms. The van der Waals surface area contributed by atoms with Gasteiger partial charge in [0.1, 0.15) is 25.6 Å². The zero-order valence-electron chi connectivity index (χ0n) is 29.8. The fraction of sp³-hybridized carbons (Fsp3) is 0.250. The summed E-state index contributed by atoms with van der Waals surface area (Å²) in [5.41, 5.74) is 1.11. The Morgan fingerprint density at radius 3 is 2.44 bits per heavy atom. The van der Waals surface area contributed by atoms with Crippen LogP contribution in [0, 0.1) is 10.1 Å². The maximum atomic E-state index is 13.8. The number of aromatic nitrogens is 2. The standard InChI is InChI=1S/C36H38N6O11S/c1-36(2,3)26-14-16-28(17-15-26)54(46,47)41-33-32(53-30-13-7-6-12-29(30)48-5)34(40-31(39-33)23-38-19-9-18-37-4)49-20-21-50-35(43)52-27-11-8-10-25(22-27)24-51-42(44)45/h6-19,22H,4,20-21,23-24H2,1-3,5H3,(H,39,40,41)/b18-9-,38-19?. The molecule has 0 saturated heterocycles. The van der Waals surface area contributed by atoms with Gasteiger partial charge in [0, 0.05) is 12.4 Å². The molecule has 0 fully saturated rings. The summed E-state index contributed by atoms with van der Waals surface area (Å²) in [5.74, 6) is -0.137. The van der Waals surface area contributed by atoms with E-state index in [0.717, 1.165) is 5.56 Å². The van der Waals surface area contributed by atoms with E-state index in [1.165, 1.54) is 55.9 Å². The molecule has 0 radical (unpaired) electrons. The third-order valence-corrected chi connectivity index (χ3v) is 8.37. The van der Waals surface area contributed by atoms with Crippen LogP contribution < -0.4 is 23.7 Å². The number of anilines is 1. The lowest BCUT2D eigenvalue weighted by Gasteiger charge is -2.20. The predicted octanol–water partition coefficient (Wildman–Crippen LogP) is 6.46. The fourth-order valence-corrected chi connectivity index (χ4v) is 5.45. The number of aliphatic imine (C=N–C) groups is 2. The number of allylic oxidation sites excluding steroid dienone is 1. The maximum absolute atomic E-state index is 13.8. The molecular weight excluding hydrogens is 724 g/mol. The SMILES string of the molecule is C=N/C=C\C=NCc1nc(NS(=O)(=O)c2ccc(C(C)(C)C)cc2)c(Oc2ccccc2OC)c(OCCOC(=O)Oc2cccc(CO[N+](=O)[O-])c2)n1. The number of para-hydroxylation sites is 2. The number of carbonyl (C=O) groups excluding carboxylic acids is 1. The van der Waals surface area contributed by atoms with E-state index in [9.17, 15) is 23.3 Å². The highest BCUT2D eigenvalue weighted by Crippen LogP contribution is 2.40. The van der Waals surface area contributed by atoms with Gasteiger partial charge in [-0.3, -0.25) is 14.7 Å². The normalized spacial score (nSPS) is 11.6. The van der Waals surface area contributed by atoms with Gasteiger partial charge in [-0.2, -0.15) is 4.98 Å². The van der Waals surface area contributed by atoms with Crippen molar-refractivity contribution in [3.63, 3.8) is 0 Å². The van der Waals surface area contributed by atoms with Gasteiger partial charge in [0.15, 0.2) is 23.1 Å². The molecule has 4 rings (SSSR count). The van der Waals surface area contributed by atoms with Crippen molar-refractivity contribution >= 4 is 34.9 Å². The number of hydrogen-bond donors (Lipinski definition) is 1. The molecule has 0 unspecified atom stereocenters. The molecule has 4 aromatic rings. The summed E-state index contributed by atoms with van der Waals surface area (Å²) in [6, 6.07) is 18.9. The summed E-state index contributed by atoms with van der Waals surface area (Å²) >= 11 is 0. The van der Waals surface area contributed by atoms with Gasteiger partial charge >= 0.3 is 6.16 Å². The van der Waals surface area contributed by atoms with Crippen molar-refractivity contribution in [1.29, 1.82) is 0 Å². The van der Waals surface area contributed by atoms with E-state index in [2.05, 4.69) is 36.2 Å². The van der Waals surface area contributed by atoms with Crippen LogP contribution in [0.25, 0.3) is 0 Å². The van der Waals surface area contributed by atoms with Crippen LogP contribution in [0.5, 0.6) is 28.9 Å². The van der Waals surface area contributed by atoms with Crippen molar-refractivity contribution in [3.8, 4) is 28.9 Å². The summed E-state index contributed by atoms with van der Waals surface area (Å²) in [6.45, 7) is 8.29. The number of methoxy groups -OCH3 is 1. The van der Waals surface area contributed by atoms with Gasteiger partial charge in [0.2, 0.25) is 5.75 Å². The van der Waals surface area contributed by atoms with E-state index in [1.54, 1.807) is 42.5 Å². The molecule has 54 heavy (non-hydrogen) atoms. The van der Waals surface area contributed by atoms with Crippen LogP contribution in [0.1, 0.15) is 37.7 Å². The molecule has 0 spiro atoms. The highest BCUT2D eigenvalue weighted by molar-refractivity contribution is 7.92. The average Bonchev–Trinajstić information content (AvgIpc) is 3.13. The Balaban J connectivity index is 1.64. The van der Waals surface area contributed by atoms with Gasteiger partial charge in [-0.1, -0.05) is 57.2 Å². The molecule has 0 aliphatic carbocycles. The molecule has 284 valence electrons.